The van der Waals surface area contributed by atoms with Gasteiger partial charge >= 0.3 is 0 Å². The van der Waals surface area contributed by atoms with Crippen LogP contribution >= 0.6 is 0 Å². The lowest BCUT2D eigenvalue weighted by Gasteiger charge is -2.40. The molecule has 8 heteroatoms. The molecule has 0 aromatic heterocycles. The number of phenolic OH excluding ortho intramolecular Hbond substituents is 2. The largest absolute Gasteiger partial charge is 0.508 e. The van der Waals surface area contributed by atoms with Crippen LogP contribution in [0.25, 0.3) is 0 Å². The maximum absolute atomic E-state index is 11.0. The molecule has 6 rings (SSSR count). The molecule has 0 spiro atoms. The maximum Gasteiger partial charge on any atom is 0.124 e. The van der Waals surface area contributed by atoms with Crippen LogP contribution in [0.3, 0.4) is 0 Å². The van der Waals surface area contributed by atoms with E-state index in [0.29, 0.717) is 11.5 Å². The fourth-order valence-corrected chi connectivity index (χ4v) is 6.59. The summed E-state index contributed by atoms with van der Waals surface area (Å²) in [5.41, 5.74) is 16.3. The van der Waals surface area contributed by atoms with Crippen LogP contribution in [0.2, 0.25) is 0 Å². The van der Waals surface area contributed by atoms with Crippen LogP contribution in [0.15, 0.2) is 115 Å². The molecule has 6 nitrogen and oxygen atoms in total. The van der Waals surface area contributed by atoms with Crippen LogP contribution in [0.5, 0.6) is 11.5 Å². The summed E-state index contributed by atoms with van der Waals surface area (Å²) < 4.78 is 0. The molecule has 6 radical (unpaired) electrons. The van der Waals surface area contributed by atoms with Crippen LogP contribution in [0.4, 0.5) is 34.1 Å². The minimum absolute atomic E-state index is 0. The molecule has 0 heterocycles. The van der Waals surface area contributed by atoms with Crippen molar-refractivity contribution < 1.29 is 10.2 Å². The van der Waals surface area contributed by atoms with Gasteiger partial charge in [-0.25, -0.2) is 0 Å². The van der Waals surface area contributed by atoms with Crippen molar-refractivity contribution in [3.8, 4) is 11.5 Å². The lowest BCUT2D eigenvalue weighted by atomic mass is 9.82. The van der Waals surface area contributed by atoms with E-state index in [9.17, 15) is 10.2 Å². The van der Waals surface area contributed by atoms with E-state index < -0.39 is 0 Å². The molecule has 0 aliphatic carbocycles. The predicted octanol–water partition coefficient (Wildman–Crippen LogP) is 17.5. The highest BCUT2D eigenvalue weighted by molar-refractivity contribution is 5.76. The normalized spacial score (nSPS) is 9.13. The van der Waals surface area contributed by atoms with Gasteiger partial charge in [-0.3, -0.25) is 0 Å². The fraction of sp³-hybridized carbons (Fsp3) is 0.390. The Bertz CT molecular complexity index is 2120. The van der Waals surface area contributed by atoms with Gasteiger partial charge in [0.2, 0.25) is 0 Å². The van der Waals surface area contributed by atoms with E-state index in [1.54, 1.807) is 0 Å². The van der Waals surface area contributed by atoms with E-state index in [1.165, 1.54) is 22.3 Å². The molecule has 0 aliphatic rings. The number of rotatable bonds is 8. The van der Waals surface area contributed by atoms with Crippen LogP contribution in [-0.4, -0.2) is 41.1 Å². The summed E-state index contributed by atoms with van der Waals surface area (Å²) in [5, 5.41) is 30.2. The van der Waals surface area contributed by atoms with Gasteiger partial charge in [-0.2, -0.15) is 0 Å². The fourth-order valence-electron chi connectivity index (χ4n) is 6.59. The van der Waals surface area contributed by atoms with E-state index in [2.05, 4.69) is 118 Å². The number of phenols is 2. The number of nitrogens with one attached hydrogen (secondary N) is 3. The zero-order valence-corrected chi connectivity index (χ0v) is 44.0. The highest BCUT2D eigenvalue weighted by Crippen LogP contribution is 2.42. The highest BCUT2D eigenvalue weighted by Gasteiger charge is 2.32. The Balaban J connectivity index is -0.000000285. The van der Waals surface area contributed by atoms with E-state index in [0.717, 1.165) is 61.9 Å². The minimum Gasteiger partial charge on any atom is -0.508 e. The first kappa shape index (κ1) is 70.3. The third kappa shape index (κ3) is 20.3. The van der Waals surface area contributed by atoms with E-state index >= 15 is 0 Å². The van der Waals surface area contributed by atoms with Gasteiger partial charge in [0.15, 0.2) is 0 Å². The van der Waals surface area contributed by atoms with Crippen LogP contribution in [-0.2, 0) is 5.54 Å². The molecular weight excluding hydrogens is 818 g/mol. The molecule has 0 unspecified atom stereocenters. The van der Waals surface area contributed by atoms with Crippen molar-refractivity contribution in [1.29, 1.82) is 0 Å². The first-order valence-corrected chi connectivity index (χ1v) is 22.9. The average Bonchev–Trinajstić information content (AvgIpc) is 3.33. The number of hydrogen-bond acceptors (Lipinski definition) is 6. The third-order valence-corrected chi connectivity index (χ3v) is 11.1. The molecule has 67 heavy (non-hydrogen) atoms. The Labute approximate surface area is 416 Å². The SMILES string of the molecule is C.C.CC.CC.CC.CC.CNc1ccc(Nc2ccccc2)cc1.Cc1c(C)c(C)c(C(C)(C)N(C)c2ccc(Nc3ccccc3)cc2)c(O)c1C.Cc1cc(O)c(C)c(C)c1C.[B].[B]. The summed E-state index contributed by atoms with van der Waals surface area (Å²) in [7, 11) is 4.00. The average molecular weight is 911 g/mol. The topological polar surface area (TPSA) is 79.8 Å². The number of anilines is 6. The van der Waals surface area contributed by atoms with Gasteiger partial charge < -0.3 is 31.1 Å². The van der Waals surface area contributed by atoms with E-state index in [1.807, 2.05) is 157 Å². The standard InChI is InChI=1S/C26H32N2O.C13H14N2.C10H14O.4C2H6.2CH4.2B/c1-17-18(2)20(4)25(29)24(19(17)3)26(5,6)28(7)23-15-13-22(14-16-23)27-21-11-9-8-10-12-21;1-14-11-7-9-13(10-8-11)15-12-5-3-2-4-6-12;1-6-5-10(11)9(4)8(3)7(6)2;4*1-2;;;;/h8-16,27,29H,1-7H3;2-10,14-15H,1H3;5,11H,1-4H3;4*1-2H3;2*1H4;;. The molecule has 6 aromatic carbocycles. The molecule has 0 aliphatic heterocycles. The molecule has 6 aromatic rings. The van der Waals surface area contributed by atoms with Crippen LogP contribution < -0.4 is 20.9 Å². The molecule has 366 valence electrons. The molecule has 0 bridgehead atoms. The summed E-state index contributed by atoms with van der Waals surface area (Å²) in [6.45, 7) is 36.7. The Morgan fingerprint density at radius 1 is 0.433 bits per heavy atom. The van der Waals surface area contributed by atoms with Crippen LogP contribution in [0.1, 0.15) is 134 Å². The second-order valence-electron chi connectivity index (χ2n) is 14.8. The highest BCUT2D eigenvalue weighted by atomic mass is 16.3. The second kappa shape index (κ2) is 36.4. The second-order valence-corrected chi connectivity index (χ2v) is 14.8. The molecule has 0 atom stereocenters. The van der Waals surface area contributed by atoms with Gasteiger partial charge in [0.25, 0.3) is 0 Å². The smallest absolute Gasteiger partial charge is 0.124 e. The summed E-state index contributed by atoms with van der Waals surface area (Å²) in [4.78, 5) is 2.23. The first-order valence-electron chi connectivity index (χ1n) is 22.9. The molecule has 0 saturated carbocycles. The number of benzene rings is 6. The van der Waals surface area contributed by atoms with Crippen molar-refractivity contribution in [1.82, 2.24) is 0 Å². The van der Waals surface area contributed by atoms with Gasteiger partial charge in [0, 0.05) is 70.6 Å². The molecular formula is C59H92B2N4O2. The Kier molecular flexibility index (Phi) is 38.2. The number of aromatic hydroxyl groups is 2. The van der Waals surface area contributed by atoms with Gasteiger partial charge in [-0.1, -0.05) is 107 Å². The van der Waals surface area contributed by atoms with Crippen molar-refractivity contribution in [3.05, 3.63) is 165 Å². The van der Waals surface area contributed by atoms with Crippen molar-refractivity contribution in [2.45, 2.75) is 145 Å². The number of para-hydroxylation sites is 2. The Hall–Kier alpha value is -5.75. The van der Waals surface area contributed by atoms with Crippen molar-refractivity contribution in [2.75, 3.05) is 34.9 Å². The van der Waals surface area contributed by atoms with Gasteiger partial charge in [-0.15, -0.1) is 0 Å². The lowest BCUT2D eigenvalue weighted by molar-refractivity contribution is 0.425. The molecule has 0 fully saturated rings. The summed E-state index contributed by atoms with van der Waals surface area (Å²) in [6, 6.07) is 38.7. The van der Waals surface area contributed by atoms with Gasteiger partial charge in [0.05, 0.1) is 5.54 Å². The quantitative estimate of drug-likeness (QED) is 0.0979. The van der Waals surface area contributed by atoms with Crippen molar-refractivity contribution in [3.63, 3.8) is 0 Å². The zero-order chi connectivity index (χ0) is 48.4. The summed E-state index contributed by atoms with van der Waals surface area (Å²) >= 11 is 0. The van der Waals surface area contributed by atoms with E-state index in [4.69, 9.17) is 0 Å². The van der Waals surface area contributed by atoms with Gasteiger partial charge in [-0.05, 0) is 193 Å². The summed E-state index contributed by atoms with van der Waals surface area (Å²) in [6.07, 6.45) is 0. The number of nitrogens with zero attached hydrogens (tertiary/aromatic N) is 1. The van der Waals surface area contributed by atoms with Crippen molar-refractivity contribution >= 4 is 51.0 Å². The first-order chi connectivity index (χ1) is 30.1. The van der Waals surface area contributed by atoms with Crippen molar-refractivity contribution in [2.24, 2.45) is 0 Å². The number of aryl methyl sites for hydroxylation is 1. The van der Waals surface area contributed by atoms with Gasteiger partial charge in [0.1, 0.15) is 11.5 Å². The molecule has 0 amide bonds. The monoisotopic (exact) mass is 911 g/mol. The predicted molar refractivity (Wildman–Crippen MR) is 308 cm³/mol. The maximum atomic E-state index is 11.0. The zero-order valence-electron chi connectivity index (χ0n) is 44.0. The van der Waals surface area contributed by atoms with E-state index in [-0.39, 0.29) is 37.2 Å². The Morgan fingerprint density at radius 3 is 1.15 bits per heavy atom. The lowest BCUT2D eigenvalue weighted by Crippen LogP contribution is -2.39. The Morgan fingerprint density at radius 2 is 0.761 bits per heavy atom. The minimum atomic E-state index is -0.369. The summed E-state index contributed by atoms with van der Waals surface area (Å²) in [5.74, 6) is 0.815. The van der Waals surface area contributed by atoms with Crippen LogP contribution in [0, 0.1) is 55.4 Å². The molecule has 0 saturated heterocycles. The molecule has 5 N–H and O–H groups in total. The number of hydrogen-bond donors (Lipinski definition) is 5. The third-order valence-electron chi connectivity index (χ3n) is 11.1.